The van der Waals surface area contributed by atoms with E-state index in [-0.39, 0.29) is 0 Å². The maximum atomic E-state index is 6.03. The molecule has 1 saturated carbocycles. The Morgan fingerprint density at radius 3 is 2.73 bits per heavy atom. The van der Waals surface area contributed by atoms with Crippen LogP contribution >= 0.6 is 11.6 Å². The van der Waals surface area contributed by atoms with Crippen molar-refractivity contribution in [3.63, 3.8) is 0 Å². The second kappa shape index (κ2) is 8.90. The number of guanidine groups is 1. The summed E-state index contributed by atoms with van der Waals surface area (Å²) >= 11 is 5.81. The number of nitrogens with one attached hydrogen (secondary N) is 2. The number of benzene rings is 1. The third-order valence-corrected chi connectivity index (χ3v) is 4.54. The molecule has 0 bridgehead atoms. The second-order valence-corrected chi connectivity index (χ2v) is 7.02. The number of pyridine rings is 1. The summed E-state index contributed by atoms with van der Waals surface area (Å²) in [7, 11) is 1.76. The largest absolute Gasteiger partial charge is 0.493 e. The van der Waals surface area contributed by atoms with Gasteiger partial charge in [0.05, 0.1) is 6.61 Å². The van der Waals surface area contributed by atoms with E-state index in [1.165, 1.54) is 18.4 Å². The van der Waals surface area contributed by atoms with Crippen molar-refractivity contribution in [1.82, 2.24) is 15.6 Å². The smallest absolute Gasteiger partial charge is 0.191 e. The highest BCUT2D eigenvalue weighted by molar-refractivity contribution is 6.29. The third kappa shape index (κ3) is 5.63. The van der Waals surface area contributed by atoms with Crippen molar-refractivity contribution in [3.8, 4) is 5.75 Å². The molecule has 1 aromatic carbocycles. The Kier molecular flexibility index (Phi) is 6.34. The van der Waals surface area contributed by atoms with Gasteiger partial charge in [0.1, 0.15) is 10.9 Å². The minimum absolute atomic E-state index is 0.495. The SMILES string of the molecule is CN=C(NCc1ccc(Cl)nc1)NCc1ccc(C)cc1OCC1CC1. The van der Waals surface area contributed by atoms with Crippen molar-refractivity contribution >= 4 is 17.6 Å². The lowest BCUT2D eigenvalue weighted by atomic mass is 10.1. The highest BCUT2D eigenvalue weighted by Crippen LogP contribution is 2.30. The van der Waals surface area contributed by atoms with Crippen LogP contribution in [0.25, 0.3) is 0 Å². The van der Waals surface area contributed by atoms with Gasteiger partial charge in [0.25, 0.3) is 0 Å². The van der Waals surface area contributed by atoms with E-state index in [4.69, 9.17) is 16.3 Å². The van der Waals surface area contributed by atoms with Gasteiger partial charge in [-0.2, -0.15) is 0 Å². The van der Waals surface area contributed by atoms with Crippen LogP contribution in [0.3, 0.4) is 0 Å². The zero-order chi connectivity index (χ0) is 18.4. The molecule has 0 spiro atoms. The minimum atomic E-state index is 0.495. The fourth-order valence-corrected chi connectivity index (χ4v) is 2.64. The summed E-state index contributed by atoms with van der Waals surface area (Å²) in [6, 6.07) is 10.1. The molecule has 2 aromatic rings. The molecular weight excluding hydrogens is 348 g/mol. The lowest BCUT2D eigenvalue weighted by molar-refractivity contribution is 0.296. The van der Waals surface area contributed by atoms with Crippen LogP contribution in [-0.4, -0.2) is 24.6 Å². The molecule has 1 fully saturated rings. The van der Waals surface area contributed by atoms with Gasteiger partial charge in [-0.25, -0.2) is 4.98 Å². The van der Waals surface area contributed by atoms with Gasteiger partial charge in [0.15, 0.2) is 5.96 Å². The summed E-state index contributed by atoms with van der Waals surface area (Å²) < 4.78 is 6.03. The van der Waals surface area contributed by atoms with Crippen LogP contribution in [0, 0.1) is 12.8 Å². The first-order valence-corrected chi connectivity index (χ1v) is 9.29. The highest BCUT2D eigenvalue weighted by Gasteiger charge is 2.22. The van der Waals surface area contributed by atoms with Gasteiger partial charge in [-0.05, 0) is 48.9 Å². The average molecular weight is 373 g/mol. The Balaban J connectivity index is 1.54. The molecule has 0 amide bonds. The van der Waals surface area contributed by atoms with Crippen molar-refractivity contribution in [2.75, 3.05) is 13.7 Å². The Labute approximate surface area is 159 Å². The Morgan fingerprint density at radius 1 is 1.23 bits per heavy atom. The molecule has 1 aromatic heterocycles. The van der Waals surface area contributed by atoms with E-state index < -0.39 is 0 Å². The van der Waals surface area contributed by atoms with Crippen LogP contribution in [-0.2, 0) is 13.1 Å². The number of hydrogen-bond donors (Lipinski definition) is 2. The first-order valence-electron chi connectivity index (χ1n) is 8.91. The van der Waals surface area contributed by atoms with Crippen molar-refractivity contribution in [3.05, 3.63) is 58.4 Å². The number of ether oxygens (including phenoxy) is 1. The summed E-state index contributed by atoms with van der Waals surface area (Å²) in [5.74, 6) is 2.43. The maximum absolute atomic E-state index is 6.03. The molecule has 0 saturated heterocycles. The van der Waals surface area contributed by atoms with Gasteiger partial charge in [-0.1, -0.05) is 29.8 Å². The number of hydrogen-bond acceptors (Lipinski definition) is 3. The van der Waals surface area contributed by atoms with Gasteiger partial charge >= 0.3 is 0 Å². The molecule has 1 aliphatic carbocycles. The van der Waals surface area contributed by atoms with Crippen molar-refractivity contribution < 1.29 is 4.74 Å². The number of nitrogens with zero attached hydrogens (tertiary/aromatic N) is 2. The molecule has 5 nitrogen and oxygen atoms in total. The summed E-state index contributed by atoms with van der Waals surface area (Å²) in [4.78, 5) is 8.36. The van der Waals surface area contributed by atoms with Crippen LogP contribution in [0.5, 0.6) is 5.75 Å². The number of aliphatic imine (C=N–C) groups is 1. The average Bonchev–Trinajstić information content (AvgIpc) is 3.47. The van der Waals surface area contributed by atoms with E-state index >= 15 is 0 Å². The van der Waals surface area contributed by atoms with Gasteiger partial charge in [-0.15, -0.1) is 0 Å². The third-order valence-electron chi connectivity index (χ3n) is 4.31. The van der Waals surface area contributed by atoms with Crippen LogP contribution < -0.4 is 15.4 Å². The van der Waals surface area contributed by atoms with E-state index in [0.717, 1.165) is 35.4 Å². The lowest BCUT2D eigenvalue weighted by Crippen LogP contribution is -2.36. The highest BCUT2D eigenvalue weighted by atomic mass is 35.5. The normalized spacial score (nSPS) is 14.2. The monoisotopic (exact) mass is 372 g/mol. The first-order chi connectivity index (χ1) is 12.6. The molecule has 0 aliphatic heterocycles. The molecule has 1 heterocycles. The molecule has 0 radical (unpaired) electrons. The van der Waals surface area contributed by atoms with Gasteiger partial charge in [-0.3, -0.25) is 4.99 Å². The predicted molar refractivity (Wildman–Crippen MR) is 106 cm³/mol. The van der Waals surface area contributed by atoms with Gasteiger partial charge in [0.2, 0.25) is 0 Å². The quantitative estimate of drug-likeness (QED) is 0.442. The number of aromatic nitrogens is 1. The zero-order valence-electron chi connectivity index (χ0n) is 15.3. The topological polar surface area (TPSA) is 58.5 Å². The first kappa shape index (κ1) is 18.5. The van der Waals surface area contributed by atoms with Crippen LogP contribution in [0.15, 0.2) is 41.5 Å². The maximum Gasteiger partial charge on any atom is 0.191 e. The number of rotatable bonds is 7. The van der Waals surface area contributed by atoms with E-state index in [9.17, 15) is 0 Å². The lowest BCUT2D eigenvalue weighted by Gasteiger charge is -2.15. The second-order valence-electron chi connectivity index (χ2n) is 6.63. The standard InChI is InChI=1S/C20H25ClN4O/c1-14-3-7-17(18(9-14)26-13-15-4-5-15)12-25-20(22-2)24-11-16-6-8-19(21)23-10-16/h3,6-10,15H,4-5,11-13H2,1-2H3,(H2,22,24,25). The number of aryl methyl sites for hydroxylation is 1. The Hall–Kier alpha value is -2.27. The van der Waals surface area contributed by atoms with E-state index in [0.29, 0.717) is 18.2 Å². The molecule has 26 heavy (non-hydrogen) atoms. The fraction of sp³-hybridized carbons (Fsp3) is 0.400. The van der Waals surface area contributed by atoms with Crippen LogP contribution in [0.2, 0.25) is 5.15 Å². The molecular formula is C20H25ClN4O. The molecule has 3 rings (SSSR count). The summed E-state index contributed by atoms with van der Waals surface area (Å²) in [5.41, 5.74) is 3.38. The fourth-order valence-electron chi connectivity index (χ4n) is 2.53. The summed E-state index contributed by atoms with van der Waals surface area (Å²) in [5, 5.41) is 7.12. The van der Waals surface area contributed by atoms with Crippen LogP contribution in [0.1, 0.15) is 29.5 Å². The van der Waals surface area contributed by atoms with Crippen LogP contribution in [0.4, 0.5) is 0 Å². The summed E-state index contributed by atoms with van der Waals surface area (Å²) in [6.07, 6.45) is 4.33. The predicted octanol–water partition coefficient (Wildman–Crippen LogP) is 3.70. The van der Waals surface area contributed by atoms with Crippen molar-refractivity contribution in [1.29, 1.82) is 0 Å². The van der Waals surface area contributed by atoms with Gasteiger partial charge in [0, 0.05) is 31.9 Å². The molecule has 0 unspecified atom stereocenters. The molecule has 6 heteroatoms. The Bertz CT molecular complexity index is 757. The van der Waals surface area contributed by atoms with E-state index in [1.54, 1.807) is 19.3 Å². The molecule has 1 aliphatic rings. The zero-order valence-corrected chi connectivity index (χ0v) is 16.0. The number of halogens is 1. The summed E-state index contributed by atoms with van der Waals surface area (Å²) in [6.45, 7) is 4.18. The van der Waals surface area contributed by atoms with Crippen molar-refractivity contribution in [2.24, 2.45) is 10.9 Å². The van der Waals surface area contributed by atoms with Gasteiger partial charge < -0.3 is 15.4 Å². The van der Waals surface area contributed by atoms with E-state index in [1.807, 2.05) is 6.07 Å². The van der Waals surface area contributed by atoms with Crippen molar-refractivity contribution in [2.45, 2.75) is 32.9 Å². The Morgan fingerprint density at radius 2 is 2.04 bits per heavy atom. The van der Waals surface area contributed by atoms with E-state index in [2.05, 4.69) is 45.7 Å². The molecule has 2 N–H and O–H groups in total. The molecule has 138 valence electrons. The molecule has 0 atom stereocenters. The minimum Gasteiger partial charge on any atom is -0.493 e.